The van der Waals surface area contributed by atoms with Crippen LogP contribution in [0.4, 0.5) is 9.52 Å². The van der Waals surface area contributed by atoms with Crippen LogP contribution in [0.15, 0.2) is 40.0 Å². The molecule has 0 bridgehead atoms. The van der Waals surface area contributed by atoms with Crippen molar-refractivity contribution in [2.45, 2.75) is 22.2 Å². The molecule has 1 aromatic carbocycles. The van der Waals surface area contributed by atoms with Crippen molar-refractivity contribution < 1.29 is 9.18 Å². The largest absolute Gasteiger partial charge is 0.295 e. The van der Waals surface area contributed by atoms with Gasteiger partial charge in [0.2, 0.25) is 5.13 Å². The summed E-state index contributed by atoms with van der Waals surface area (Å²) < 4.78 is 13.6. The molecule has 0 aliphatic heterocycles. The SMILES string of the molecule is CCSc1ncc(Cl)c(C(=O)Nc2nnc(SCc3ccc(F)cc3)s2)n1. The summed E-state index contributed by atoms with van der Waals surface area (Å²) in [7, 11) is 0. The molecule has 0 aliphatic carbocycles. The Kier molecular flexibility index (Phi) is 7.00. The molecule has 0 saturated carbocycles. The van der Waals surface area contributed by atoms with Gasteiger partial charge in [0.15, 0.2) is 15.2 Å². The highest BCUT2D eigenvalue weighted by Gasteiger charge is 2.16. The second-order valence-electron chi connectivity index (χ2n) is 5.02. The fourth-order valence-electron chi connectivity index (χ4n) is 1.91. The first-order valence-electron chi connectivity index (χ1n) is 7.72. The Morgan fingerprint density at radius 2 is 2.04 bits per heavy atom. The molecule has 140 valence electrons. The molecule has 1 amide bonds. The van der Waals surface area contributed by atoms with Gasteiger partial charge in [-0.25, -0.2) is 14.4 Å². The number of amides is 1. The van der Waals surface area contributed by atoms with Crippen LogP contribution in [0.5, 0.6) is 0 Å². The van der Waals surface area contributed by atoms with Gasteiger partial charge in [0.05, 0.1) is 11.2 Å². The quantitative estimate of drug-likeness (QED) is 0.321. The third-order valence-corrected chi connectivity index (χ3v) is 6.18. The van der Waals surface area contributed by atoms with Gasteiger partial charge in [-0.05, 0) is 23.4 Å². The Bertz CT molecular complexity index is 938. The van der Waals surface area contributed by atoms with Crippen LogP contribution < -0.4 is 5.32 Å². The van der Waals surface area contributed by atoms with Crippen molar-refractivity contribution in [1.29, 1.82) is 0 Å². The Hall–Kier alpha value is -1.75. The molecule has 0 aliphatic rings. The summed E-state index contributed by atoms with van der Waals surface area (Å²) in [5.41, 5.74) is 1.06. The molecule has 2 heterocycles. The minimum atomic E-state index is -0.466. The van der Waals surface area contributed by atoms with Gasteiger partial charge < -0.3 is 0 Å². The normalized spacial score (nSPS) is 10.8. The highest BCUT2D eigenvalue weighted by atomic mass is 35.5. The molecule has 3 aromatic rings. The number of nitrogens with zero attached hydrogens (tertiary/aromatic N) is 4. The lowest BCUT2D eigenvalue weighted by atomic mass is 10.2. The molecule has 6 nitrogen and oxygen atoms in total. The summed E-state index contributed by atoms with van der Waals surface area (Å²) in [5, 5.41) is 11.7. The number of hydrogen-bond donors (Lipinski definition) is 1. The zero-order valence-corrected chi connectivity index (χ0v) is 17.2. The lowest BCUT2D eigenvalue weighted by Gasteiger charge is -2.04. The van der Waals surface area contributed by atoms with Crippen molar-refractivity contribution in [2.75, 3.05) is 11.1 Å². The topological polar surface area (TPSA) is 80.7 Å². The van der Waals surface area contributed by atoms with Crippen LogP contribution in [-0.2, 0) is 5.75 Å². The van der Waals surface area contributed by atoms with Crippen molar-refractivity contribution in [2.24, 2.45) is 0 Å². The average Bonchev–Trinajstić information content (AvgIpc) is 3.10. The molecule has 0 atom stereocenters. The Balaban J connectivity index is 1.62. The van der Waals surface area contributed by atoms with E-state index in [1.165, 1.54) is 53.2 Å². The Morgan fingerprint density at radius 1 is 1.26 bits per heavy atom. The first-order valence-corrected chi connectivity index (χ1v) is 10.9. The van der Waals surface area contributed by atoms with E-state index >= 15 is 0 Å². The number of carbonyl (C=O) groups excluding carboxylic acids is 1. The van der Waals surface area contributed by atoms with Gasteiger partial charge in [-0.2, -0.15) is 0 Å². The predicted octanol–water partition coefficient (Wildman–Crippen LogP) is 4.78. The lowest BCUT2D eigenvalue weighted by molar-refractivity contribution is 0.102. The van der Waals surface area contributed by atoms with Gasteiger partial charge in [0.1, 0.15) is 5.82 Å². The van der Waals surface area contributed by atoms with E-state index in [1.54, 1.807) is 12.1 Å². The Morgan fingerprint density at radius 3 is 2.78 bits per heavy atom. The van der Waals surface area contributed by atoms with Gasteiger partial charge in [-0.3, -0.25) is 10.1 Å². The molecule has 0 saturated heterocycles. The Labute approximate surface area is 172 Å². The predicted molar refractivity (Wildman–Crippen MR) is 107 cm³/mol. The minimum absolute atomic E-state index is 0.0957. The van der Waals surface area contributed by atoms with Gasteiger partial charge in [0, 0.05) is 5.75 Å². The van der Waals surface area contributed by atoms with E-state index in [2.05, 4.69) is 25.5 Å². The lowest BCUT2D eigenvalue weighted by Crippen LogP contribution is -2.15. The molecule has 27 heavy (non-hydrogen) atoms. The smallest absolute Gasteiger partial charge is 0.277 e. The maximum absolute atomic E-state index is 12.9. The van der Waals surface area contributed by atoms with Crippen LogP contribution in [0.3, 0.4) is 0 Å². The highest BCUT2D eigenvalue weighted by Crippen LogP contribution is 2.29. The summed E-state index contributed by atoms with van der Waals surface area (Å²) in [6.45, 7) is 1.97. The number of carbonyl (C=O) groups is 1. The van der Waals surface area contributed by atoms with E-state index in [0.29, 0.717) is 20.4 Å². The molecule has 2 aromatic heterocycles. The van der Waals surface area contributed by atoms with Crippen LogP contribution in [0.1, 0.15) is 23.0 Å². The number of nitrogens with one attached hydrogen (secondary N) is 1. The minimum Gasteiger partial charge on any atom is -0.295 e. The zero-order valence-electron chi connectivity index (χ0n) is 14.0. The molecule has 11 heteroatoms. The van der Waals surface area contributed by atoms with Crippen LogP contribution in [-0.4, -0.2) is 31.8 Å². The summed E-state index contributed by atoms with van der Waals surface area (Å²) in [6, 6.07) is 6.26. The van der Waals surface area contributed by atoms with Gasteiger partial charge >= 0.3 is 0 Å². The number of aromatic nitrogens is 4. The maximum atomic E-state index is 12.9. The molecule has 3 rings (SSSR count). The van der Waals surface area contributed by atoms with Crippen molar-refractivity contribution in [3.8, 4) is 0 Å². The number of rotatable bonds is 7. The molecule has 0 spiro atoms. The summed E-state index contributed by atoms with van der Waals surface area (Å²) in [6.07, 6.45) is 1.41. The summed E-state index contributed by atoms with van der Waals surface area (Å²) >= 11 is 10.1. The van der Waals surface area contributed by atoms with Crippen LogP contribution in [0.2, 0.25) is 5.02 Å². The monoisotopic (exact) mass is 441 g/mol. The maximum Gasteiger partial charge on any atom is 0.277 e. The summed E-state index contributed by atoms with van der Waals surface area (Å²) in [5.74, 6) is 0.673. The first-order chi connectivity index (χ1) is 13.0. The van der Waals surface area contributed by atoms with Crippen LogP contribution in [0, 0.1) is 5.82 Å². The molecule has 0 radical (unpaired) electrons. The second kappa shape index (κ2) is 9.45. The number of hydrogen-bond acceptors (Lipinski definition) is 8. The van der Waals surface area contributed by atoms with Crippen molar-refractivity contribution >= 4 is 57.5 Å². The van der Waals surface area contributed by atoms with Gasteiger partial charge in [-0.1, -0.05) is 65.5 Å². The van der Waals surface area contributed by atoms with E-state index in [1.807, 2.05) is 6.92 Å². The third-order valence-electron chi connectivity index (χ3n) is 3.11. The van der Waals surface area contributed by atoms with Crippen LogP contribution >= 0.6 is 46.5 Å². The molecule has 1 N–H and O–H groups in total. The summed E-state index contributed by atoms with van der Waals surface area (Å²) in [4.78, 5) is 20.7. The van der Waals surface area contributed by atoms with E-state index in [4.69, 9.17) is 11.6 Å². The van der Waals surface area contributed by atoms with Gasteiger partial charge in [-0.15, -0.1) is 10.2 Å². The third kappa shape index (κ3) is 5.61. The number of anilines is 1. The zero-order chi connectivity index (χ0) is 19.2. The number of benzene rings is 1. The fraction of sp³-hybridized carbons (Fsp3) is 0.188. The molecule has 0 unspecified atom stereocenters. The van der Waals surface area contributed by atoms with Crippen molar-refractivity contribution in [3.05, 3.63) is 52.6 Å². The van der Waals surface area contributed by atoms with E-state index in [9.17, 15) is 9.18 Å². The average molecular weight is 442 g/mol. The first kappa shape index (κ1) is 20.0. The van der Waals surface area contributed by atoms with Crippen molar-refractivity contribution in [1.82, 2.24) is 20.2 Å². The molecular formula is C16H13ClFN5OS3. The van der Waals surface area contributed by atoms with Crippen LogP contribution in [0.25, 0.3) is 0 Å². The standard InChI is InChI=1S/C16H13ClFN5OS3/c1-2-25-14-19-7-11(17)12(20-14)13(24)21-15-22-23-16(27-15)26-8-9-3-5-10(18)6-4-9/h3-7H,2,8H2,1H3,(H,21,22,24). The molecular weight excluding hydrogens is 429 g/mol. The highest BCUT2D eigenvalue weighted by molar-refractivity contribution is 8.00. The molecule has 0 fully saturated rings. The van der Waals surface area contributed by atoms with E-state index in [-0.39, 0.29) is 16.5 Å². The van der Waals surface area contributed by atoms with E-state index < -0.39 is 5.91 Å². The van der Waals surface area contributed by atoms with E-state index in [0.717, 1.165) is 11.3 Å². The number of thioether (sulfide) groups is 2. The second-order valence-corrected chi connectivity index (χ2v) is 8.86. The van der Waals surface area contributed by atoms with Crippen molar-refractivity contribution in [3.63, 3.8) is 0 Å². The van der Waals surface area contributed by atoms with Gasteiger partial charge in [0.25, 0.3) is 5.91 Å². The fourth-order valence-corrected chi connectivity index (χ4v) is 4.33. The number of halogens is 2.